The summed E-state index contributed by atoms with van der Waals surface area (Å²) >= 11 is 1.59. The fourth-order valence-electron chi connectivity index (χ4n) is 3.67. The molecule has 1 aliphatic rings. The van der Waals surface area contributed by atoms with Crippen molar-refractivity contribution in [2.75, 3.05) is 26.2 Å². The summed E-state index contributed by atoms with van der Waals surface area (Å²) in [6, 6.07) is 13.9. The molecule has 0 unspecified atom stereocenters. The first-order chi connectivity index (χ1) is 15.3. The van der Waals surface area contributed by atoms with Crippen molar-refractivity contribution in [2.24, 2.45) is 0 Å². The Morgan fingerprint density at radius 2 is 1.97 bits per heavy atom. The number of aromatic nitrogens is 3. The van der Waals surface area contributed by atoms with E-state index in [9.17, 15) is 4.79 Å². The van der Waals surface area contributed by atoms with Crippen LogP contribution in [0.4, 0.5) is 0 Å². The number of carbonyl (C=O) groups is 1. The predicted molar refractivity (Wildman–Crippen MR) is 120 cm³/mol. The minimum absolute atomic E-state index is 0.0188. The van der Waals surface area contributed by atoms with Crippen LogP contribution in [-0.4, -0.2) is 57.0 Å². The highest BCUT2D eigenvalue weighted by Gasteiger charge is 2.21. The number of hydrogen-bond acceptors (Lipinski definition) is 7. The molecule has 156 valence electrons. The summed E-state index contributed by atoms with van der Waals surface area (Å²) in [5, 5.41) is 7.12. The quantitative estimate of drug-likeness (QED) is 0.449. The maximum absolute atomic E-state index is 12.7. The summed E-state index contributed by atoms with van der Waals surface area (Å²) in [7, 11) is 0. The number of amides is 1. The molecule has 1 aromatic carbocycles. The molecule has 0 aliphatic carbocycles. The summed E-state index contributed by atoms with van der Waals surface area (Å²) in [6.45, 7) is 3.47. The molecular weight excluding hydrogens is 410 g/mol. The highest BCUT2D eigenvalue weighted by molar-refractivity contribution is 7.13. The SMILES string of the molecule is O=C(/C=C/c1cccc2cccnc12)N1CCN(Cc2nc(-c3cccs3)no2)CC1. The molecule has 7 nitrogen and oxygen atoms in total. The summed E-state index contributed by atoms with van der Waals surface area (Å²) < 4.78 is 5.39. The molecule has 0 radical (unpaired) electrons. The second-order valence-corrected chi connectivity index (χ2v) is 8.29. The minimum atomic E-state index is 0.0188. The molecular formula is C23H21N5O2S. The van der Waals surface area contributed by atoms with Crippen molar-refractivity contribution < 1.29 is 9.32 Å². The number of para-hydroxylation sites is 1. The molecule has 4 aromatic rings. The Kier molecular flexibility index (Phi) is 5.56. The van der Waals surface area contributed by atoms with Gasteiger partial charge in [-0.05, 0) is 23.6 Å². The fraction of sp³-hybridized carbons (Fsp3) is 0.217. The van der Waals surface area contributed by atoms with Crippen molar-refractivity contribution in [2.45, 2.75) is 6.54 Å². The van der Waals surface area contributed by atoms with Crippen molar-refractivity contribution in [3.8, 4) is 10.7 Å². The van der Waals surface area contributed by atoms with E-state index in [2.05, 4.69) is 20.0 Å². The van der Waals surface area contributed by atoms with Crippen LogP contribution in [0.2, 0.25) is 0 Å². The Balaban J connectivity index is 1.17. The lowest BCUT2D eigenvalue weighted by molar-refractivity contribution is -0.127. The highest BCUT2D eigenvalue weighted by atomic mass is 32.1. The van der Waals surface area contributed by atoms with Crippen molar-refractivity contribution in [1.29, 1.82) is 0 Å². The van der Waals surface area contributed by atoms with Crippen LogP contribution >= 0.6 is 11.3 Å². The van der Waals surface area contributed by atoms with Crippen molar-refractivity contribution in [3.05, 3.63) is 71.6 Å². The third-order valence-corrected chi connectivity index (χ3v) is 6.19. The summed E-state index contributed by atoms with van der Waals surface area (Å²) in [6.07, 6.45) is 5.27. The van der Waals surface area contributed by atoms with Crippen LogP contribution in [0.15, 0.2) is 64.6 Å². The van der Waals surface area contributed by atoms with Gasteiger partial charge in [-0.15, -0.1) is 11.3 Å². The van der Waals surface area contributed by atoms with Gasteiger partial charge in [-0.1, -0.05) is 35.5 Å². The second-order valence-electron chi connectivity index (χ2n) is 7.35. The van der Waals surface area contributed by atoms with Gasteiger partial charge < -0.3 is 9.42 Å². The van der Waals surface area contributed by atoms with Gasteiger partial charge in [-0.25, -0.2) is 0 Å². The van der Waals surface area contributed by atoms with Crippen molar-refractivity contribution in [1.82, 2.24) is 24.9 Å². The lowest BCUT2D eigenvalue weighted by atomic mass is 10.1. The third kappa shape index (κ3) is 4.40. The average Bonchev–Trinajstić information content (AvgIpc) is 3.50. The zero-order valence-corrected chi connectivity index (χ0v) is 17.7. The Labute approximate surface area is 183 Å². The lowest BCUT2D eigenvalue weighted by Gasteiger charge is -2.33. The fourth-order valence-corrected chi connectivity index (χ4v) is 4.32. The van der Waals surface area contributed by atoms with Crippen LogP contribution in [0.5, 0.6) is 0 Å². The molecule has 0 atom stereocenters. The van der Waals surface area contributed by atoms with E-state index in [0.717, 1.165) is 34.4 Å². The molecule has 4 heterocycles. The summed E-state index contributed by atoms with van der Waals surface area (Å²) in [5.41, 5.74) is 1.85. The van der Waals surface area contributed by atoms with E-state index in [0.29, 0.717) is 31.3 Å². The van der Waals surface area contributed by atoms with Crippen molar-refractivity contribution >= 4 is 34.2 Å². The van der Waals surface area contributed by atoms with Crippen LogP contribution in [0.3, 0.4) is 0 Å². The van der Waals surface area contributed by atoms with Crippen LogP contribution < -0.4 is 0 Å². The molecule has 0 N–H and O–H groups in total. The van der Waals surface area contributed by atoms with Crippen LogP contribution in [0.25, 0.3) is 27.7 Å². The van der Waals surface area contributed by atoms with Crippen LogP contribution in [-0.2, 0) is 11.3 Å². The van der Waals surface area contributed by atoms with E-state index in [1.54, 1.807) is 23.6 Å². The van der Waals surface area contributed by atoms with Gasteiger partial charge in [0.25, 0.3) is 0 Å². The van der Waals surface area contributed by atoms with Gasteiger partial charge in [-0.2, -0.15) is 4.98 Å². The minimum Gasteiger partial charge on any atom is -0.338 e. The van der Waals surface area contributed by atoms with Gasteiger partial charge in [0.2, 0.25) is 17.6 Å². The number of thiophene rings is 1. The van der Waals surface area contributed by atoms with E-state index >= 15 is 0 Å². The molecule has 1 aliphatic heterocycles. The third-order valence-electron chi connectivity index (χ3n) is 5.32. The monoisotopic (exact) mass is 431 g/mol. The van der Waals surface area contributed by atoms with Gasteiger partial charge in [0.1, 0.15) is 0 Å². The van der Waals surface area contributed by atoms with Crippen molar-refractivity contribution in [3.63, 3.8) is 0 Å². The number of fused-ring (bicyclic) bond motifs is 1. The lowest BCUT2D eigenvalue weighted by Crippen LogP contribution is -2.47. The standard InChI is InChI=1S/C23H21N5O2S/c29-21(9-8-18-5-1-4-17-6-2-10-24-22(17)18)28-13-11-27(12-14-28)16-20-25-23(26-30-20)19-7-3-15-31-19/h1-10,15H,11-14,16H2/b9-8+. The number of benzene rings is 1. The van der Waals surface area contributed by atoms with Gasteiger partial charge >= 0.3 is 0 Å². The van der Waals surface area contributed by atoms with Crippen LogP contribution in [0.1, 0.15) is 11.5 Å². The smallest absolute Gasteiger partial charge is 0.246 e. The van der Waals surface area contributed by atoms with Crippen LogP contribution in [0, 0.1) is 0 Å². The molecule has 5 rings (SSSR count). The first-order valence-electron chi connectivity index (χ1n) is 10.2. The number of carbonyl (C=O) groups excluding carboxylic acids is 1. The van der Waals surface area contributed by atoms with Gasteiger partial charge in [0.15, 0.2) is 0 Å². The van der Waals surface area contributed by atoms with E-state index < -0.39 is 0 Å². The second kappa shape index (κ2) is 8.79. The number of hydrogen-bond donors (Lipinski definition) is 0. The molecule has 31 heavy (non-hydrogen) atoms. The first kappa shape index (κ1) is 19.6. The zero-order valence-electron chi connectivity index (χ0n) is 16.8. The average molecular weight is 432 g/mol. The van der Waals surface area contributed by atoms with E-state index in [4.69, 9.17) is 4.52 Å². The Hall–Kier alpha value is -3.36. The Morgan fingerprint density at radius 3 is 2.81 bits per heavy atom. The molecule has 0 spiro atoms. The first-order valence-corrected chi connectivity index (χ1v) is 11.0. The molecule has 1 saturated heterocycles. The van der Waals surface area contributed by atoms with Gasteiger partial charge in [0.05, 0.1) is 16.9 Å². The predicted octanol–water partition coefficient (Wildman–Crippen LogP) is 3.70. The Bertz CT molecular complexity index is 1200. The number of rotatable bonds is 5. The normalized spacial score (nSPS) is 15.2. The molecule has 1 fully saturated rings. The maximum atomic E-state index is 12.7. The largest absolute Gasteiger partial charge is 0.338 e. The number of nitrogens with zero attached hydrogens (tertiary/aromatic N) is 5. The molecule has 8 heteroatoms. The molecule has 1 amide bonds. The summed E-state index contributed by atoms with van der Waals surface area (Å²) in [5.74, 6) is 1.25. The highest BCUT2D eigenvalue weighted by Crippen LogP contribution is 2.22. The summed E-state index contributed by atoms with van der Waals surface area (Å²) in [4.78, 5) is 26.7. The van der Waals surface area contributed by atoms with E-state index in [-0.39, 0.29) is 5.91 Å². The van der Waals surface area contributed by atoms with E-state index in [1.807, 2.05) is 58.8 Å². The molecule has 0 bridgehead atoms. The molecule has 3 aromatic heterocycles. The molecule has 0 saturated carbocycles. The Morgan fingerprint density at radius 1 is 1.10 bits per heavy atom. The number of piperazine rings is 1. The topological polar surface area (TPSA) is 75.4 Å². The zero-order chi connectivity index (χ0) is 21.0. The number of pyridine rings is 1. The van der Waals surface area contributed by atoms with Gasteiger partial charge in [0, 0.05) is 49.4 Å². The van der Waals surface area contributed by atoms with E-state index in [1.165, 1.54) is 0 Å². The van der Waals surface area contributed by atoms with Gasteiger partial charge in [-0.3, -0.25) is 14.7 Å². The maximum Gasteiger partial charge on any atom is 0.246 e.